The molecule has 0 atom stereocenters. The third kappa shape index (κ3) is 2.43. The molecule has 0 aliphatic heterocycles. The first-order valence-corrected chi connectivity index (χ1v) is 5.54. The zero-order valence-corrected chi connectivity index (χ0v) is 10.0. The van der Waals surface area contributed by atoms with Gasteiger partial charge in [-0.05, 0) is 26.2 Å². The van der Waals surface area contributed by atoms with Gasteiger partial charge in [0.05, 0.1) is 6.61 Å². The summed E-state index contributed by atoms with van der Waals surface area (Å²) >= 11 is 0. The van der Waals surface area contributed by atoms with Crippen molar-refractivity contribution >= 4 is 11.8 Å². The van der Waals surface area contributed by atoms with Crippen molar-refractivity contribution in [2.45, 2.75) is 40.0 Å². The van der Waals surface area contributed by atoms with Crippen molar-refractivity contribution in [3.63, 3.8) is 0 Å². The van der Waals surface area contributed by atoms with E-state index < -0.39 is 17.1 Å². The fourth-order valence-corrected chi connectivity index (χ4v) is 1.89. The number of carbonyl (C=O) groups excluding carboxylic acids is 2. The van der Waals surface area contributed by atoms with Crippen LogP contribution in [0.25, 0.3) is 0 Å². The molecule has 4 heteroatoms. The molecule has 1 N–H and O–H groups in total. The van der Waals surface area contributed by atoms with E-state index in [0.29, 0.717) is 6.42 Å². The van der Waals surface area contributed by atoms with Crippen molar-refractivity contribution in [1.82, 2.24) is 0 Å². The number of hydrogen-bond donors (Lipinski definition) is 1. The molecule has 1 rings (SSSR count). The van der Waals surface area contributed by atoms with Gasteiger partial charge >= 0.3 is 5.97 Å². The highest BCUT2D eigenvalue weighted by Gasteiger charge is 2.36. The number of rotatable bonds is 2. The van der Waals surface area contributed by atoms with Crippen LogP contribution >= 0.6 is 0 Å². The minimum Gasteiger partial charge on any atom is -0.502 e. The van der Waals surface area contributed by atoms with Crippen LogP contribution in [0.4, 0.5) is 0 Å². The second-order valence-corrected chi connectivity index (χ2v) is 4.61. The van der Waals surface area contributed by atoms with Gasteiger partial charge < -0.3 is 9.84 Å². The Balaban J connectivity index is 2.97. The Kier molecular flexibility index (Phi) is 3.73. The zero-order valence-electron chi connectivity index (χ0n) is 10.0. The van der Waals surface area contributed by atoms with Crippen LogP contribution in [0.3, 0.4) is 0 Å². The molecule has 90 valence electrons. The van der Waals surface area contributed by atoms with E-state index in [4.69, 9.17) is 0 Å². The number of ketones is 1. The predicted molar refractivity (Wildman–Crippen MR) is 58.9 cm³/mol. The van der Waals surface area contributed by atoms with Crippen molar-refractivity contribution in [2.75, 3.05) is 6.61 Å². The highest BCUT2D eigenvalue weighted by atomic mass is 16.5. The van der Waals surface area contributed by atoms with Crippen LogP contribution in [-0.2, 0) is 14.3 Å². The molecule has 1 aliphatic rings. The molecule has 0 aromatic heterocycles. The van der Waals surface area contributed by atoms with Gasteiger partial charge in [0.2, 0.25) is 5.76 Å². The van der Waals surface area contributed by atoms with Gasteiger partial charge in [0.25, 0.3) is 0 Å². The van der Waals surface area contributed by atoms with E-state index in [1.54, 1.807) is 6.92 Å². The number of ether oxygens (including phenoxy) is 1. The van der Waals surface area contributed by atoms with Gasteiger partial charge in [-0.1, -0.05) is 13.8 Å². The van der Waals surface area contributed by atoms with Gasteiger partial charge in [0, 0.05) is 11.0 Å². The van der Waals surface area contributed by atoms with Gasteiger partial charge in [-0.2, -0.15) is 0 Å². The van der Waals surface area contributed by atoms with Crippen molar-refractivity contribution in [1.29, 1.82) is 0 Å². The van der Waals surface area contributed by atoms with Gasteiger partial charge in [-0.25, -0.2) is 4.79 Å². The number of allylic oxidation sites excluding steroid dienone is 1. The second kappa shape index (κ2) is 4.68. The zero-order chi connectivity index (χ0) is 12.3. The molecule has 0 saturated heterocycles. The number of Topliss-reactive ketones (excluding diaryl/α,β-unsaturated/α-hetero) is 1. The van der Waals surface area contributed by atoms with E-state index in [0.717, 1.165) is 12.8 Å². The first-order valence-electron chi connectivity index (χ1n) is 5.54. The predicted octanol–water partition coefficient (Wildman–Crippen LogP) is 2.14. The maximum absolute atomic E-state index is 12.0. The molecule has 0 bridgehead atoms. The number of esters is 1. The second-order valence-electron chi connectivity index (χ2n) is 4.61. The Morgan fingerprint density at radius 1 is 1.50 bits per heavy atom. The number of aliphatic hydroxyl groups excluding tert-OH is 1. The number of carbonyl (C=O) groups is 2. The van der Waals surface area contributed by atoms with Crippen molar-refractivity contribution in [3.8, 4) is 0 Å². The van der Waals surface area contributed by atoms with Crippen LogP contribution in [0.5, 0.6) is 0 Å². The molecule has 16 heavy (non-hydrogen) atoms. The quantitative estimate of drug-likeness (QED) is 0.445. The molecule has 0 amide bonds. The van der Waals surface area contributed by atoms with E-state index in [1.807, 2.05) is 13.8 Å². The molecule has 0 aromatic carbocycles. The number of aliphatic hydroxyl groups is 1. The first-order chi connectivity index (χ1) is 7.40. The molecular formula is C12H18O4. The van der Waals surface area contributed by atoms with E-state index in [9.17, 15) is 14.7 Å². The molecule has 4 nitrogen and oxygen atoms in total. The Bertz CT molecular complexity index is 339. The highest BCUT2D eigenvalue weighted by molar-refractivity contribution is 6.05. The molecule has 1 saturated carbocycles. The Morgan fingerprint density at radius 2 is 2.12 bits per heavy atom. The van der Waals surface area contributed by atoms with Gasteiger partial charge in [-0.3, -0.25) is 4.79 Å². The molecule has 0 aromatic rings. The van der Waals surface area contributed by atoms with Crippen LogP contribution in [0.1, 0.15) is 40.0 Å². The van der Waals surface area contributed by atoms with E-state index in [-0.39, 0.29) is 18.0 Å². The van der Waals surface area contributed by atoms with Gasteiger partial charge in [-0.15, -0.1) is 0 Å². The summed E-state index contributed by atoms with van der Waals surface area (Å²) in [6.45, 7) is 5.50. The average molecular weight is 226 g/mol. The van der Waals surface area contributed by atoms with Crippen LogP contribution < -0.4 is 0 Å². The van der Waals surface area contributed by atoms with Crippen LogP contribution in [0.2, 0.25) is 0 Å². The average Bonchev–Trinajstić information content (AvgIpc) is 2.21. The summed E-state index contributed by atoms with van der Waals surface area (Å²) in [5.74, 6) is -1.47. The molecule has 0 heterocycles. The molecule has 0 spiro atoms. The van der Waals surface area contributed by atoms with Crippen LogP contribution in [0.15, 0.2) is 11.3 Å². The van der Waals surface area contributed by atoms with Crippen LogP contribution in [-0.4, -0.2) is 23.5 Å². The fraction of sp³-hybridized carbons (Fsp3) is 0.667. The summed E-state index contributed by atoms with van der Waals surface area (Å²) in [7, 11) is 0. The van der Waals surface area contributed by atoms with E-state index in [1.165, 1.54) is 0 Å². The van der Waals surface area contributed by atoms with Gasteiger partial charge in [0.1, 0.15) is 0 Å². The lowest BCUT2D eigenvalue weighted by atomic mass is 9.73. The van der Waals surface area contributed by atoms with E-state index in [2.05, 4.69) is 4.74 Å². The van der Waals surface area contributed by atoms with Crippen LogP contribution in [0, 0.1) is 5.41 Å². The smallest absolute Gasteiger partial charge is 0.373 e. The molecule has 1 aliphatic carbocycles. The summed E-state index contributed by atoms with van der Waals surface area (Å²) in [4.78, 5) is 23.3. The van der Waals surface area contributed by atoms with Gasteiger partial charge in [0.15, 0.2) is 5.78 Å². The lowest BCUT2D eigenvalue weighted by molar-refractivity contribution is -0.142. The monoisotopic (exact) mass is 226 g/mol. The lowest BCUT2D eigenvalue weighted by Gasteiger charge is -2.29. The molecule has 0 unspecified atom stereocenters. The van der Waals surface area contributed by atoms with Crippen molar-refractivity contribution in [2.24, 2.45) is 5.41 Å². The maximum atomic E-state index is 12.0. The fourth-order valence-electron chi connectivity index (χ4n) is 1.89. The van der Waals surface area contributed by atoms with Crippen molar-refractivity contribution < 1.29 is 19.4 Å². The maximum Gasteiger partial charge on any atom is 0.373 e. The topological polar surface area (TPSA) is 63.6 Å². The Hall–Kier alpha value is -1.32. The SMILES string of the molecule is CCOC(=O)/C(O)=C1/CCCC(C)(C)C1=O. The minimum absolute atomic E-state index is 0.149. The third-order valence-electron chi connectivity index (χ3n) is 2.87. The normalized spacial score (nSPS) is 22.8. The lowest BCUT2D eigenvalue weighted by Crippen LogP contribution is -2.31. The Morgan fingerprint density at radius 3 is 2.69 bits per heavy atom. The molecular weight excluding hydrogens is 208 g/mol. The molecule has 0 radical (unpaired) electrons. The Labute approximate surface area is 95.3 Å². The largest absolute Gasteiger partial charge is 0.502 e. The minimum atomic E-state index is -0.802. The first kappa shape index (κ1) is 12.7. The highest BCUT2D eigenvalue weighted by Crippen LogP contribution is 2.36. The summed E-state index contributed by atoms with van der Waals surface area (Å²) in [5, 5.41) is 9.66. The van der Waals surface area contributed by atoms with E-state index >= 15 is 0 Å². The molecule has 1 fully saturated rings. The third-order valence-corrected chi connectivity index (χ3v) is 2.87. The summed E-state index contributed by atoms with van der Waals surface area (Å²) in [5.41, 5.74) is -0.275. The summed E-state index contributed by atoms with van der Waals surface area (Å²) in [6, 6.07) is 0. The summed E-state index contributed by atoms with van der Waals surface area (Å²) < 4.78 is 4.67. The summed E-state index contributed by atoms with van der Waals surface area (Å²) in [6.07, 6.45) is 2.04. The van der Waals surface area contributed by atoms with Crippen molar-refractivity contribution in [3.05, 3.63) is 11.3 Å². The standard InChI is InChI=1S/C12H18O4/c1-4-16-11(15)9(13)8-6-5-7-12(2,3)10(8)14/h13H,4-7H2,1-3H3/b9-8+. The number of hydrogen-bond acceptors (Lipinski definition) is 4.